The van der Waals surface area contributed by atoms with Crippen LogP contribution < -0.4 is 138 Å². The largest absolute Gasteiger partial charge is 1.00 e. The van der Waals surface area contributed by atoms with E-state index in [9.17, 15) is 0 Å². The summed E-state index contributed by atoms with van der Waals surface area (Å²) in [6, 6.07) is 0. The molecule has 0 aromatic heterocycles. The van der Waals surface area contributed by atoms with Crippen LogP contribution in [0.15, 0.2) is 0 Å². The van der Waals surface area contributed by atoms with E-state index in [0.717, 1.165) is 0 Å². The Balaban J connectivity index is -0.00000000500. The molecule has 0 N–H and O–H groups in total. The quantitative estimate of drug-likeness (QED) is 0.321. The molecule has 0 heterocycles. The van der Waals surface area contributed by atoms with Crippen LogP contribution in [0.1, 0.15) is 0 Å². The molecule has 0 aliphatic rings. The summed E-state index contributed by atoms with van der Waals surface area (Å²) < 4.78 is 0. The first-order valence-corrected chi connectivity index (χ1v) is 0.236. The van der Waals surface area contributed by atoms with Gasteiger partial charge in [-0.1, -0.05) is 0 Å². The Morgan fingerprint density at radius 1 is 1.00 bits per heavy atom. The fourth-order valence-electron chi connectivity index (χ4n) is 0. The average molecular weight is 295 g/mol. The first-order valence-electron chi connectivity index (χ1n) is 0.236. The minimum Gasteiger partial charge on any atom is -0.545 e. The van der Waals surface area contributed by atoms with Gasteiger partial charge in [-0.3, -0.25) is 6.79 Å². The molecular weight excluding hydrogens is 294 g/mol. The van der Waals surface area contributed by atoms with Gasteiger partial charge in [0.05, 0.1) is 0 Å². The van der Waals surface area contributed by atoms with E-state index < -0.39 is 0 Å². The van der Waals surface area contributed by atoms with Gasteiger partial charge in [0.2, 0.25) is 0 Å². The second-order valence-electron chi connectivity index (χ2n) is 0. The Morgan fingerprint density at radius 3 is 1.00 bits per heavy atom. The first-order chi connectivity index (χ1) is 1.00. The fourth-order valence-corrected chi connectivity index (χ4v) is 0. The molecule has 0 unspecified atom stereocenters. The average Bonchev–Trinajstić information content (AvgIpc) is 1.00. The van der Waals surface area contributed by atoms with Crippen LogP contribution >= 0.6 is 0 Å². The molecule has 4 heavy (non-hydrogen) atoms. The summed E-state index contributed by atoms with van der Waals surface area (Å²) in [7, 11) is 0. The van der Waals surface area contributed by atoms with E-state index >= 15 is 0 Å². The maximum Gasteiger partial charge on any atom is 1.00 e. The third-order valence-electron chi connectivity index (χ3n) is 0. The van der Waals surface area contributed by atoms with Gasteiger partial charge in [-0.25, -0.2) is 0 Å². The second kappa shape index (κ2) is 15.9. The molecule has 0 amide bonds. The Bertz CT molecular complexity index is 6.00. The Hall–Kier alpha value is 3.77. The van der Waals surface area contributed by atoms with Crippen LogP contribution in [0.25, 0.3) is 0 Å². The third kappa shape index (κ3) is 9.24. The van der Waals surface area contributed by atoms with Gasteiger partial charge in [0.1, 0.15) is 0 Å². The van der Waals surface area contributed by atoms with Gasteiger partial charge in [0.25, 0.3) is 0 Å². The van der Waals surface area contributed by atoms with E-state index in [0.29, 0.717) is 0 Å². The van der Waals surface area contributed by atoms with Crippen LogP contribution in [0.2, 0.25) is 0 Å². The van der Waals surface area contributed by atoms with Crippen molar-refractivity contribution >= 4 is 6.79 Å². The topological polar surface area (TPSA) is 17.1 Å². The molecule has 0 saturated heterocycles. The fraction of sp³-hybridized carbons (Fsp3) is 0. The minimum atomic E-state index is 0. The smallest absolute Gasteiger partial charge is 0.545 e. The van der Waals surface area contributed by atoms with Crippen LogP contribution in [0.4, 0.5) is 0 Å². The van der Waals surface area contributed by atoms with Crippen LogP contribution in [-0.2, 0) is 4.79 Å². The normalized spacial score (nSPS) is 1.00. The molecule has 0 aromatic carbocycles. The van der Waals surface area contributed by atoms with Crippen molar-refractivity contribution in [2.24, 2.45) is 0 Å². The molecule has 0 spiro atoms. The van der Waals surface area contributed by atoms with Crippen LogP contribution in [-0.4, -0.2) is 6.79 Å². The molecule has 0 rings (SSSR count). The van der Waals surface area contributed by atoms with Crippen molar-refractivity contribution in [1.29, 1.82) is 0 Å². The molecule has 0 atom stereocenters. The van der Waals surface area contributed by atoms with E-state index in [2.05, 4.69) is 6.79 Å². The third-order valence-corrected chi connectivity index (χ3v) is 0. The monoisotopic (exact) mass is 295 g/mol. The van der Waals surface area contributed by atoms with Crippen molar-refractivity contribution in [2.75, 3.05) is 0 Å². The standard InChI is InChI=1S/CHO.2Cs/c1-2;;/h1H;;/q-1;2*+1. The Kier molecular flexibility index (Phi) is 62.0. The van der Waals surface area contributed by atoms with Gasteiger partial charge in [0.15, 0.2) is 0 Å². The SMILES string of the molecule is [CH-]=O.[Cs+].[Cs+]. The van der Waals surface area contributed by atoms with Gasteiger partial charge < -0.3 is 4.79 Å². The molecule has 0 aliphatic heterocycles. The summed E-state index contributed by atoms with van der Waals surface area (Å²) in [5, 5.41) is 0. The molecule has 1 nitrogen and oxygen atoms in total. The van der Waals surface area contributed by atoms with Crippen molar-refractivity contribution in [3.8, 4) is 0 Å². The molecule has 0 aliphatic carbocycles. The van der Waals surface area contributed by atoms with E-state index in [1.54, 1.807) is 0 Å². The molecule has 0 bridgehead atoms. The predicted molar refractivity (Wildman–Crippen MR) is 6.75 cm³/mol. The van der Waals surface area contributed by atoms with Gasteiger partial charge in [-0.05, 0) is 0 Å². The first kappa shape index (κ1) is 15.7. The molecule has 0 fully saturated rings. The summed E-state index contributed by atoms with van der Waals surface area (Å²) in [6.07, 6.45) is 0. The van der Waals surface area contributed by atoms with Crippen molar-refractivity contribution in [2.45, 2.75) is 0 Å². The van der Waals surface area contributed by atoms with Crippen LogP contribution in [0.3, 0.4) is 0 Å². The maximum atomic E-state index is 7.75. The predicted octanol–water partition coefficient (Wildman–Crippen LogP) is -6.27. The summed E-state index contributed by atoms with van der Waals surface area (Å²) in [5.74, 6) is 0. The van der Waals surface area contributed by atoms with Crippen molar-refractivity contribution in [3.63, 3.8) is 0 Å². The molecule has 3 heteroatoms. The van der Waals surface area contributed by atoms with Crippen LogP contribution in [0, 0.1) is 0 Å². The van der Waals surface area contributed by atoms with Crippen LogP contribution in [0.5, 0.6) is 0 Å². The summed E-state index contributed by atoms with van der Waals surface area (Å²) in [4.78, 5) is 7.75. The van der Waals surface area contributed by atoms with Crippen molar-refractivity contribution in [1.82, 2.24) is 0 Å². The van der Waals surface area contributed by atoms with Gasteiger partial charge in [-0.2, -0.15) is 0 Å². The number of carbonyl (C=O) groups excluding carboxylic acids is 1. The zero-order chi connectivity index (χ0) is 2.00. The number of hydrogen-bond donors (Lipinski definition) is 0. The van der Waals surface area contributed by atoms with Gasteiger partial charge in [-0.15, -0.1) is 0 Å². The zero-order valence-electron chi connectivity index (χ0n) is 2.99. The van der Waals surface area contributed by atoms with Gasteiger partial charge >= 0.3 is 138 Å². The summed E-state index contributed by atoms with van der Waals surface area (Å²) in [6.45, 7) is 3.25. The number of hydrogen-bond acceptors (Lipinski definition) is 1. The zero-order valence-corrected chi connectivity index (χ0v) is 15.5. The molecule has 0 aromatic rings. The van der Waals surface area contributed by atoms with Crippen molar-refractivity contribution < 1.29 is 143 Å². The van der Waals surface area contributed by atoms with E-state index in [-0.39, 0.29) is 138 Å². The summed E-state index contributed by atoms with van der Waals surface area (Å²) in [5.41, 5.74) is 0. The van der Waals surface area contributed by atoms with E-state index in [4.69, 9.17) is 4.79 Å². The Morgan fingerprint density at radius 2 is 1.00 bits per heavy atom. The Labute approximate surface area is 144 Å². The molecule has 12 valence electrons. The maximum absolute atomic E-state index is 7.75. The second-order valence-corrected chi connectivity index (χ2v) is 0. The van der Waals surface area contributed by atoms with E-state index in [1.165, 1.54) is 0 Å². The van der Waals surface area contributed by atoms with E-state index in [1.807, 2.05) is 0 Å². The molecule has 0 saturated carbocycles. The molecule has 0 radical (unpaired) electrons. The van der Waals surface area contributed by atoms with Gasteiger partial charge in [0, 0.05) is 0 Å². The van der Waals surface area contributed by atoms with Crippen molar-refractivity contribution in [3.05, 3.63) is 0 Å². The number of rotatable bonds is 0. The minimum absolute atomic E-state index is 0. The molecular formula is CHCs2O+. The summed E-state index contributed by atoms with van der Waals surface area (Å²) >= 11 is 0.